The fourth-order valence-electron chi connectivity index (χ4n) is 4.27. The van der Waals surface area contributed by atoms with Crippen LogP contribution in [0.1, 0.15) is 24.4 Å². The van der Waals surface area contributed by atoms with E-state index in [0.717, 1.165) is 46.3 Å². The van der Waals surface area contributed by atoms with Crippen molar-refractivity contribution in [3.63, 3.8) is 0 Å². The topological polar surface area (TPSA) is 92.3 Å². The van der Waals surface area contributed by atoms with E-state index < -0.39 is 0 Å². The number of esters is 1. The number of carbonyl (C=O) groups excluding carboxylic acids is 1. The van der Waals surface area contributed by atoms with Crippen LogP contribution in [-0.4, -0.2) is 27.6 Å². The molecule has 1 saturated carbocycles. The Hall–Kier alpha value is -3.87. The van der Waals surface area contributed by atoms with Crippen molar-refractivity contribution in [1.29, 1.82) is 0 Å². The van der Waals surface area contributed by atoms with Crippen LogP contribution in [0.4, 0.5) is 5.82 Å². The summed E-state index contributed by atoms with van der Waals surface area (Å²) < 4.78 is 13.0. The van der Waals surface area contributed by atoms with Crippen molar-refractivity contribution >= 4 is 22.8 Å². The van der Waals surface area contributed by atoms with E-state index in [2.05, 4.69) is 20.7 Å². The number of nitrogens with two attached hydrogens (primary N) is 1. The first-order valence-electron chi connectivity index (χ1n) is 10.6. The summed E-state index contributed by atoms with van der Waals surface area (Å²) >= 11 is 0. The second kappa shape index (κ2) is 8.34. The highest BCUT2D eigenvalue weighted by molar-refractivity contribution is 6.00. The molecular weight excluding hydrogens is 404 g/mol. The predicted molar refractivity (Wildman–Crippen MR) is 122 cm³/mol. The lowest BCUT2D eigenvalue weighted by Crippen LogP contribution is -2.33. The van der Waals surface area contributed by atoms with Crippen molar-refractivity contribution in [1.82, 2.24) is 14.5 Å². The number of nitrogen functional groups attached to an aromatic ring is 1. The molecule has 0 bridgehead atoms. The van der Waals surface area contributed by atoms with E-state index >= 15 is 0 Å². The van der Waals surface area contributed by atoms with Crippen molar-refractivity contribution in [2.24, 2.45) is 5.92 Å². The molecule has 7 heteroatoms. The summed E-state index contributed by atoms with van der Waals surface area (Å²) in [5, 5.41) is 0.814. The van der Waals surface area contributed by atoms with Crippen LogP contribution in [0.3, 0.4) is 0 Å². The normalized spacial score (nSPS) is 17.7. The lowest BCUT2D eigenvalue weighted by molar-refractivity contribution is -0.149. The smallest absolute Gasteiger partial charge is 0.308 e. The van der Waals surface area contributed by atoms with E-state index in [-0.39, 0.29) is 17.9 Å². The van der Waals surface area contributed by atoms with E-state index in [1.165, 1.54) is 13.4 Å². The molecule has 7 nitrogen and oxygen atoms in total. The molecular formula is C25H24N4O3. The van der Waals surface area contributed by atoms with Gasteiger partial charge in [-0.05, 0) is 36.1 Å². The molecule has 0 aliphatic heterocycles. The van der Waals surface area contributed by atoms with Crippen LogP contribution >= 0.6 is 0 Å². The minimum atomic E-state index is -0.157. The van der Waals surface area contributed by atoms with Gasteiger partial charge in [-0.1, -0.05) is 42.5 Å². The van der Waals surface area contributed by atoms with E-state index in [1.54, 1.807) is 0 Å². The fourth-order valence-corrected chi connectivity index (χ4v) is 4.27. The molecule has 0 saturated heterocycles. The Morgan fingerprint density at radius 3 is 2.72 bits per heavy atom. The molecule has 0 atom stereocenters. The van der Waals surface area contributed by atoms with Gasteiger partial charge in [0.1, 0.15) is 30.1 Å². The number of rotatable bonds is 6. The largest absolute Gasteiger partial charge is 0.489 e. The second-order valence-corrected chi connectivity index (χ2v) is 8.05. The molecule has 0 unspecified atom stereocenters. The maximum Gasteiger partial charge on any atom is 0.308 e. The van der Waals surface area contributed by atoms with Gasteiger partial charge in [-0.15, -0.1) is 0 Å². The Morgan fingerprint density at radius 1 is 1.12 bits per heavy atom. The van der Waals surface area contributed by atoms with Crippen LogP contribution in [0.5, 0.6) is 5.75 Å². The number of methoxy groups -OCH3 is 1. The molecule has 2 aromatic carbocycles. The van der Waals surface area contributed by atoms with Crippen LogP contribution in [0.2, 0.25) is 0 Å². The van der Waals surface area contributed by atoms with Gasteiger partial charge in [-0.2, -0.15) is 0 Å². The molecule has 4 aromatic rings. The predicted octanol–water partition coefficient (Wildman–Crippen LogP) is 4.38. The van der Waals surface area contributed by atoms with Gasteiger partial charge in [0.15, 0.2) is 0 Å². The number of carbonyl (C=O) groups is 1. The zero-order chi connectivity index (χ0) is 22.1. The average molecular weight is 428 g/mol. The lowest BCUT2D eigenvalue weighted by atomic mass is 9.80. The third kappa shape index (κ3) is 3.66. The van der Waals surface area contributed by atoms with Gasteiger partial charge in [0.05, 0.1) is 18.4 Å². The van der Waals surface area contributed by atoms with Crippen LogP contribution in [0, 0.1) is 5.92 Å². The van der Waals surface area contributed by atoms with Gasteiger partial charge >= 0.3 is 5.97 Å². The van der Waals surface area contributed by atoms with Gasteiger partial charge in [0.25, 0.3) is 0 Å². The van der Waals surface area contributed by atoms with Crippen molar-refractivity contribution < 1.29 is 14.3 Å². The maximum atomic E-state index is 11.8. The van der Waals surface area contributed by atoms with Crippen LogP contribution in [0.15, 0.2) is 67.1 Å². The first-order valence-corrected chi connectivity index (χ1v) is 10.6. The SMILES string of the molecule is COC(=O)[C@H]1C[C@@H](n2cc(-c3cccc(OCc4ccccc4)c3)c3c(N)ncnc32)C1. The van der Waals surface area contributed by atoms with Crippen LogP contribution < -0.4 is 10.5 Å². The summed E-state index contributed by atoms with van der Waals surface area (Å²) in [6.07, 6.45) is 4.98. The Morgan fingerprint density at radius 2 is 1.94 bits per heavy atom. The summed E-state index contributed by atoms with van der Waals surface area (Å²) in [4.78, 5) is 20.5. The van der Waals surface area contributed by atoms with Gasteiger partial charge in [0.2, 0.25) is 0 Å². The standard InChI is InChI=1S/C25H24N4O3/c1-31-25(30)18-10-19(11-18)29-13-21(22-23(26)27-15-28-24(22)29)17-8-5-9-20(12-17)32-14-16-6-3-2-4-7-16/h2-9,12-13,15,18-19H,10-11,14H2,1H3,(H2,26,27,28)/t18-,19+. The van der Waals surface area contributed by atoms with E-state index in [9.17, 15) is 4.79 Å². The zero-order valence-corrected chi connectivity index (χ0v) is 17.8. The number of hydrogen-bond donors (Lipinski definition) is 1. The molecule has 0 radical (unpaired) electrons. The highest BCUT2D eigenvalue weighted by atomic mass is 16.5. The highest BCUT2D eigenvalue weighted by Gasteiger charge is 2.37. The number of hydrogen-bond acceptors (Lipinski definition) is 6. The number of anilines is 1. The summed E-state index contributed by atoms with van der Waals surface area (Å²) in [7, 11) is 1.43. The van der Waals surface area contributed by atoms with Gasteiger partial charge < -0.3 is 19.8 Å². The molecule has 32 heavy (non-hydrogen) atoms. The lowest BCUT2D eigenvalue weighted by Gasteiger charge is -2.34. The minimum absolute atomic E-state index is 0.0696. The Kier molecular flexibility index (Phi) is 5.23. The van der Waals surface area contributed by atoms with Crippen molar-refractivity contribution in [2.75, 3.05) is 12.8 Å². The van der Waals surface area contributed by atoms with Crippen LogP contribution in [0.25, 0.3) is 22.2 Å². The Balaban J connectivity index is 1.46. The molecule has 162 valence electrons. The number of ether oxygens (including phenoxy) is 2. The molecule has 1 fully saturated rings. The summed E-state index contributed by atoms with van der Waals surface area (Å²) in [5.74, 6) is 0.982. The zero-order valence-electron chi connectivity index (χ0n) is 17.8. The minimum Gasteiger partial charge on any atom is -0.489 e. The maximum absolute atomic E-state index is 11.8. The van der Waals surface area contributed by atoms with Gasteiger partial charge in [0, 0.05) is 17.8 Å². The average Bonchev–Trinajstić information content (AvgIpc) is 3.18. The van der Waals surface area contributed by atoms with Crippen molar-refractivity contribution in [2.45, 2.75) is 25.5 Å². The Labute approximate surface area is 185 Å². The molecule has 0 amide bonds. The van der Waals surface area contributed by atoms with Gasteiger partial charge in [-0.25, -0.2) is 9.97 Å². The summed E-state index contributed by atoms with van der Waals surface area (Å²) in [6, 6.07) is 18.2. The quantitative estimate of drug-likeness (QED) is 0.458. The van der Waals surface area contributed by atoms with Crippen LogP contribution in [-0.2, 0) is 16.1 Å². The van der Waals surface area contributed by atoms with Crippen molar-refractivity contribution in [3.05, 3.63) is 72.7 Å². The molecule has 1 aliphatic carbocycles. The monoisotopic (exact) mass is 428 g/mol. The Bertz CT molecular complexity index is 1260. The number of nitrogens with zero attached hydrogens (tertiary/aromatic N) is 3. The number of benzene rings is 2. The molecule has 0 spiro atoms. The third-order valence-corrected chi connectivity index (χ3v) is 6.07. The van der Waals surface area contributed by atoms with E-state index in [1.807, 2.05) is 54.6 Å². The fraction of sp³-hybridized carbons (Fsp3) is 0.240. The third-order valence-electron chi connectivity index (χ3n) is 6.07. The molecule has 5 rings (SSSR count). The van der Waals surface area contributed by atoms with E-state index in [4.69, 9.17) is 15.2 Å². The molecule has 2 N–H and O–H groups in total. The molecule has 2 aromatic heterocycles. The number of aromatic nitrogens is 3. The first-order chi connectivity index (χ1) is 15.6. The summed E-state index contributed by atoms with van der Waals surface area (Å²) in [6.45, 7) is 0.494. The molecule has 1 aliphatic rings. The van der Waals surface area contributed by atoms with Gasteiger partial charge in [-0.3, -0.25) is 4.79 Å². The molecule has 2 heterocycles. The number of fused-ring (bicyclic) bond motifs is 1. The van der Waals surface area contributed by atoms with Crippen molar-refractivity contribution in [3.8, 4) is 16.9 Å². The highest BCUT2D eigenvalue weighted by Crippen LogP contribution is 2.43. The first kappa shape index (κ1) is 20.1. The van der Waals surface area contributed by atoms with E-state index in [0.29, 0.717) is 12.4 Å². The summed E-state index contributed by atoms with van der Waals surface area (Å²) in [5.41, 5.74) is 10.1. The second-order valence-electron chi connectivity index (χ2n) is 8.05.